The molecule has 4 rings (SSSR count). The zero-order valence-corrected chi connectivity index (χ0v) is 18.4. The van der Waals surface area contributed by atoms with Gasteiger partial charge >= 0.3 is 0 Å². The molecule has 1 aliphatic rings. The highest BCUT2D eigenvalue weighted by Crippen LogP contribution is 2.27. The molecule has 2 amide bonds. The van der Waals surface area contributed by atoms with Crippen molar-refractivity contribution in [2.75, 3.05) is 11.9 Å². The second kappa shape index (κ2) is 10.2. The molecule has 2 heterocycles. The molecule has 2 N–H and O–H groups in total. The average Bonchev–Trinajstić information content (AvgIpc) is 3.50. The highest BCUT2D eigenvalue weighted by Gasteiger charge is 2.21. The van der Waals surface area contributed by atoms with Gasteiger partial charge in [0, 0.05) is 49.2 Å². The number of hydrogen-bond donors (Lipinski definition) is 2. The summed E-state index contributed by atoms with van der Waals surface area (Å²) in [6, 6.07) is 10.4. The first-order valence-electron chi connectivity index (χ1n) is 11.1. The molecule has 9 nitrogen and oxygen atoms in total. The maximum Gasteiger partial charge on any atom is 0.273 e. The lowest BCUT2D eigenvalue weighted by Gasteiger charge is -2.20. The predicted octanol–water partition coefficient (Wildman–Crippen LogP) is 4.02. The van der Waals surface area contributed by atoms with Gasteiger partial charge in [-0.3, -0.25) is 14.4 Å². The minimum Gasteiger partial charge on any atom is -0.361 e. The van der Waals surface area contributed by atoms with Gasteiger partial charge in [0.25, 0.3) is 5.91 Å². The van der Waals surface area contributed by atoms with Gasteiger partial charge in [0.05, 0.1) is 0 Å². The van der Waals surface area contributed by atoms with Crippen molar-refractivity contribution in [1.29, 1.82) is 0 Å². The second-order valence-electron chi connectivity index (χ2n) is 8.22. The van der Waals surface area contributed by atoms with Crippen molar-refractivity contribution in [1.82, 2.24) is 15.6 Å². The minimum absolute atomic E-state index is 0.0478. The van der Waals surface area contributed by atoms with Crippen LogP contribution in [0.2, 0.25) is 0 Å². The lowest BCUT2D eigenvalue weighted by atomic mass is 9.88. The quantitative estimate of drug-likeness (QED) is 0.496. The van der Waals surface area contributed by atoms with E-state index in [2.05, 4.69) is 20.9 Å². The van der Waals surface area contributed by atoms with Crippen molar-refractivity contribution in [2.45, 2.75) is 45.4 Å². The molecule has 33 heavy (non-hydrogen) atoms. The Balaban J connectivity index is 1.33. The van der Waals surface area contributed by atoms with Crippen molar-refractivity contribution in [2.24, 2.45) is 5.92 Å². The van der Waals surface area contributed by atoms with E-state index in [4.69, 9.17) is 9.05 Å². The van der Waals surface area contributed by atoms with Crippen molar-refractivity contribution in [3.8, 4) is 11.3 Å². The van der Waals surface area contributed by atoms with E-state index in [1.807, 2.05) is 18.2 Å². The zero-order chi connectivity index (χ0) is 23.2. The normalized spacial score (nSPS) is 14.1. The molecule has 0 bridgehead atoms. The molecule has 0 atom stereocenters. The summed E-state index contributed by atoms with van der Waals surface area (Å²) >= 11 is 0. The lowest BCUT2D eigenvalue weighted by Crippen LogP contribution is -2.25. The SMILES string of the molecule is CC(=O)c1cc(CCNC(=O)c2cc(-c3cccc(NC(=O)C4CCCCC4)c3)on2)on1. The van der Waals surface area contributed by atoms with Gasteiger partial charge < -0.3 is 19.7 Å². The fraction of sp³-hybridized carbons (Fsp3) is 0.375. The molecule has 0 aliphatic heterocycles. The summed E-state index contributed by atoms with van der Waals surface area (Å²) in [5.74, 6) is 0.476. The van der Waals surface area contributed by atoms with Gasteiger partial charge in [-0.2, -0.15) is 0 Å². The molecule has 0 radical (unpaired) electrons. The third-order valence-electron chi connectivity index (χ3n) is 5.71. The second-order valence-corrected chi connectivity index (χ2v) is 8.22. The summed E-state index contributed by atoms with van der Waals surface area (Å²) in [5, 5.41) is 13.2. The lowest BCUT2D eigenvalue weighted by molar-refractivity contribution is -0.120. The van der Waals surface area contributed by atoms with Gasteiger partial charge in [0.15, 0.2) is 17.2 Å². The molecule has 1 aromatic carbocycles. The van der Waals surface area contributed by atoms with E-state index >= 15 is 0 Å². The first-order chi connectivity index (χ1) is 16.0. The largest absolute Gasteiger partial charge is 0.361 e. The summed E-state index contributed by atoms with van der Waals surface area (Å²) in [5.41, 5.74) is 1.79. The molecule has 0 spiro atoms. The van der Waals surface area contributed by atoms with E-state index in [1.54, 1.807) is 18.2 Å². The third kappa shape index (κ3) is 5.74. The Labute approximate surface area is 190 Å². The Bertz CT molecular complexity index is 1140. The van der Waals surface area contributed by atoms with Crippen LogP contribution in [0.15, 0.2) is 45.4 Å². The summed E-state index contributed by atoms with van der Waals surface area (Å²) < 4.78 is 10.4. The molecule has 172 valence electrons. The topological polar surface area (TPSA) is 127 Å². The number of nitrogens with zero attached hydrogens (tertiary/aromatic N) is 2. The van der Waals surface area contributed by atoms with Crippen LogP contribution in [-0.2, 0) is 11.2 Å². The first-order valence-corrected chi connectivity index (χ1v) is 11.1. The van der Waals surface area contributed by atoms with Crippen molar-refractivity contribution < 1.29 is 23.4 Å². The maximum atomic E-state index is 12.5. The Hall–Kier alpha value is -3.75. The van der Waals surface area contributed by atoms with Crippen molar-refractivity contribution >= 4 is 23.3 Å². The third-order valence-corrected chi connectivity index (χ3v) is 5.71. The van der Waals surface area contributed by atoms with Crippen LogP contribution in [0.25, 0.3) is 11.3 Å². The predicted molar refractivity (Wildman–Crippen MR) is 120 cm³/mol. The number of carbonyl (C=O) groups excluding carboxylic acids is 3. The van der Waals surface area contributed by atoms with E-state index in [-0.39, 0.29) is 35.5 Å². The molecule has 0 unspecified atom stereocenters. The molecule has 1 aliphatic carbocycles. The van der Waals surface area contributed by atoms with E-state index in [0.29, 0.717) is 29.2 Å². The number of Topliss-reactive ketones (excluding diaryl/α,β-unsaturated/α-hetero) is 1. The Morgan fingerprint density at radius 1 is 1.00 bits per heavy atom. The number of anilines is 1. The number of nitrogens with one attached hydrogen (secondary N) is 2. The molecule has 2 aromatic heterocycles. The number of carbonyl (C=O) groups is 3. The highest BCUT2D eigenvalue weighted by molar-refractivity contribution is 5.94. The average molecular weight is 450 g/mol. The molecule has 9 heteroatoms. The van der Waals surface area contributed by atoms with Gasteiger partial charge in [-0.25, -0.2) is 0 Å². The Morgan fingerprint density at radius 2 is 1.79 bits per heavy atom. The monoisotopic (exact) mass is 450 g/mol. The van der Waals surface area contributed by atoms with Crippen LogP contribution in [0.1, 0.15) is 65.8 Å². The summed E-state index contributed by atoms with van der Waals surface area (Å²) in [7, 11) is 0. The summed E-state index contributed by atoms with van der Waals surface area (Å²) in [6.45, 7) is 1.70. The number of ketones is 1. The Morgan fingerprint density at radius 3 is 2.55 bits per heavy atom. The van der Waals surface area contributed by atoms with Crippen LogP contribution in [0.5, 0.6) is 0 Å². The van der Waals surface area contributed by atoms with Crippen molar-refractivity contribution in [3.05, 3.63) is 53.5 Å². The van der Waals surface area contributed by atoms with Crippen LogP contribution < -0.4 is 10.6 Å². The van der Waals surface area contributed by atoms with Crippen LogP contribution >= 0.6 is 0 Å². The molecular weight excluding hydrogens is 424 g/mol. The van der Waals surface area contributed by atoms with Gasteiger partial charge in [-0.05, 0) is 25.0 Å². The summed E-state index contributed by atoms with van der Waals surface area (Å²) in [6.07, 6.45) is 5.64. The maximum absolute atomic E-state index is 12.5. The fourth-order valence-electron chi connectivity index (χ4n) is 3.86. The first kappa shape index (κ1) is 22.4. The summed E-state index contributed by atoms with van der Waals surface area (Å²) in [4.78, 5) is 36.2. The molecule has 3 aromatic rings. The molecular formula is C24H26N4O5. The van der Waals surface area contributed by atoms with E-state index in [9.17, 15) is 14.4 Å². The van der Waals surface area contributed by atoms with Crippen LogP contribution in [0.4, 0.5) is 5.69 Å². The van der Waals surface area contributed by atoms with Gasteiger partial charge in [0.2, 0.25) is 5.91 Å². The van der Waals surface area contributed by atoms with E-state index < -0.39 is 5.91 Å². The van der Waals surface area contributed by atoms with Crippen molar-refractivity contribution in [3.63, 3.8) is 0 Å². The smallest absolute Gasteiger partial charge is 0.273 e. The number of amides is 2. The number of benzene rings is 1. The number of rotatable bonds is 8. The standard InChI is InChI=1S/C24H26N4O5/c1-15(29)20-13-19(32-27-20)10-11-25-24(31)21-14-22(33-28-21)17-8-5-9-18(12-17)26-23(30)16-6-3-2-4-7-16/h5,8-9,12-14,16H,2-4,6-7,10-11H2,1H3,(H,25,31)(H,26,30). The van der Waals surface area contributed by atoms with Crippen LogP contribution in [0.3, 0.4) is 0 Å². The minimum atomic E-state index is -0.391. The molecule has 1 saturated carbocycles. The molecule has 1 fully saturated rings. The van der Waals surface area contributed by atoms with Gasteiger partial charge in [-0.15, -0.1) is 0 Å². The van der Waals surface area contributed by atoms with E-state index in [0.717, 1.165) is 25.7 Å². The number of hydrogen-bond acceptors (Lipinski definition) is 7. The van der Waals surface area contributed by atoms with Crippen LogP contribution in [0, 0.1) is 5.92 Å². The van der Waals surface area contributed by atoms with E-state index in [1.165, 1.54) is 13.3 Å². The fourth-order valence-corrected chi connectivity index (χ4v) is 3.86. The highest BCUT2D eigenvalue weighted by atomic mass is 16.5. The van der Waals surface area contributed by atoms with Gasteiger partial charge in [0.1, 0.15) is 11.5 Å². The zero-order valence-electron chi connectivity index (χ0n) is 18.4. The van der Waals surface area contributed by atoms with Gasteiger partial charge in [-0.1, -0.05) is 41.7 Å². The molecule has 0 saturated heterocycles. The Kier molecular flexibility index (Phi) is 6.97. The number of aromatic nitrogens is 2. The van der Waals surface area contributed by atoms with Crippen LogP contribution in [-0.4, -0.2) is 34.5 Å².